The molecule has 1 saturated heterocycles. The summed E-state index contributed by atoms with van der Waals surface area (Å²) in [6.45, 7) is 2.00. The van der Waals surface area contributed by atoms with Crippen LogP contribution in [0.3, 0.4) is 0 Å². The van der Waals surface area contributed by atoms with E-state index in [4.69, 9.17) is 14.2 Å². The van der Waals surface area contributed by atoms with Crippen LogP contribution in [0.2, 0.25) is 0 Å². The van der Waals surface area contributed by atoms with Crippen LogP contribution in [0.15, 0.2) is 42.5 Å². The van der Waals surface area contributed by atoms with Crippen LogP contribution < -0.4 is 0 Å². The highest BCUT2D eigenvalue weighted by molar-refractivity contribution is 5.82. The molecule has 0 radical (unpaired) electrons. The average Bonchev–Trinajstić information content (AvgIpc) is 2.58. The number of hydrogen-bond donors (Lipinski definition) is 2. The zero-order valence-corrected chi connectivity index (χ0v) is 13.3. The Morgan fingerprint density at radius 1 is 1.04 bits per heavy atom. The van der Waals surface area contributed by atoms with Crippen molar-refractivity contribution >= 4 is 10.8 Å². The Morgan fingerprint density at radius 3 is 2.52 bits per heavy atom. The number of ether oxygens (including phenoxy) is 3. The van der Waals surface area contributed by atoms with Crippen molar-refractivity contribution in [2.45, 2.75) is 44.2 Å². The van der Waals surface area contributed by atoms with Gasteiger partial charge < -0.3 is 24.4 Å². The molecule has 23 heavy (non-hydrogen) atoms. The lowest BCUT2D eigenvalue weighted by Gasteiger charge is -2.40. The fourth-order valence-electron chi connectivity index (χ4n) is 2.89. The van der Waals surface area contributed by atoms with Gasteiger partial charge in [-0.25, -0.2) is 0 Å². The Kier molecular flexibility index (Phi) is 4.94. The van der Waals surface area contributed by atoms with Crippen LogP contribution >= 0.6 is 0 Å². The van der Waals surface area contributed by atoms with E-state index in [1.54, 1.807) is 6.92 Å². The number of hydrogen-bond acceptors (Lipinski definition) is 5. The summed E-state index contributed by atoms with van der Waals surface area (Å²) in [5.74, 6) is 0. The third-order valence-corrected chi connectivity index (χ3v) is 4.27. The molecule has 0 unspecified atom stereocenters. The molecule has 1 heterocycles. The van der Waals surface area contributed by atoms with E-state index in [1.807, 2.05) is 36.4 Å². The molecule has 0 bridgehead atoms. The molecule has 1 aliphatic heterocycles. The topological polar surface area (TPSA) is 68.2 Å². The minimum absolute atomic E-state index is 0.302. The number of benzene rings is 2. The Balaban J connectivity index is 1.72. The van der Waals surface area contributed by atoms with Gasteiger partial charge in [-0.1, -0.05) is 36.4 Å². The zero-order chi connectivity index (χ0) is 16.4. The van der Waals surface area contributed by atoms with Crippen LogP contribution in [-0.2, 0) is 20.8 Å². The molecule has 5 nitrogen and oxygen atoms in total. The lowest BCUT2D eigenvalue weighted by atomic mass is 9.99. The van der Waals surface area contributed by atoms with Crippen molar-refractivity contribution in [3.8, 4) is 0 Å². The molecular weight excluding hydrogens is 296 g/mol. The number of fused-ring (bicyclic) bond motifs is 1. The maximum Gasteiger partial charge on any atom is 0.186 e. The van der Waals surface area contributed by atoms with Crippen LogP contribution in [-0.4, -0.2) is 48.0 Å². The monoisotopic (exact) mass is 318 g/mol. The maximum atomic E-state index is 10.2. The third-order valence-electron chi connectivity index (χ3n) is 4.27. The molecule has 5 atom stereocenters. The van der Waals surface area contributed by atoms with Gasteiger partial charge >= 0.3 is 0 Å². The van der Waals surface area contributed by atoms with Crippen LogP contribution in [0.25, 0.3) is 10.8 Å². The van der Waals surface area contributed by atoms with E-state index in [0.29, 0.717) is 6.61 Å². The molecule has 3 rings (SSSR count). The largest absolute Gasteiger partial charge is 0.388 e. The van der Waals surface area contributed by atoms with Crippen molar-refractivity contribution in [2.24, 2.45) is 0 Å². The fraction of sp³-hybridized carbons (Fsp3) is 0.444. The number of aliphatic hydroxyl groups excluding tert-OH is 2. The number of aliphatic hydroxyl groups is 2. The summed E-state index contributed by atoms with van der Waals surface area (Å²) < 4.78 is 16.6. The molecule has 2 aromatic carbocycles. The second kappa shape index (κ2) is 6.95. The Bertz CT molecular complexity index is 657. The van der Waals surface area contributed by atoms with Gasteiger partial charge in [0.05, 0.1) is 12.7 Å². The van der Waals surface area contributed by atoms with Crippen LogP contribution in [0.4, 0.5) is 0 Å². The van der Waals surface area contributed by atoms with E-state index in [0.717, 1.165) is 16.3 Å². The molecule has 2 N–H and O–H groups in total. The van der Waals surface area contributed by atoms with Crippen LogP contribution in [0.1, 0.15) is 12.5 Å². The zero-order valence-electron chi connectivity index (χ0n) is 13.3. The average molecular weight is 318 g/mol. The van der Waals surface area contributed by atoms with Gasteiger partial charge in [0.25, 0.3) is 0 Å². The summed E-state index contributed by atoms with van der Waals surface area (Å²) in [7, 11) is 1.49. The molecule has 5 heteroatoms. The minimum Gasteiger partial charge on any atom is -0.388 e. The van der Waals surface area contributed by atoms with E-state index in [9.17, 15) is 10.2 Å². The molecule has 0 aliphatic carbocycles. The van der Waals surface area contributed by atoms with Crippen LogP contribution in [0, 0.1) is 0 Å². The molecule has 1 aliphatic rings. The van der Waals surface area contributed by atoms with Gasteiger partial charge in [0, 0.05) is 7.11 Å². The molecule has 1 fully saturated rings. The normalized spacial score (nSPS) is 31.4. The van der Waals surface area contributed by atoms with E-state index < -0.39 is 30.7 Å². The second-order valence-electron chi connectivity index (χ2n) is 5.88. The summed E-state index contributed by atoms with van der Waals surface area (Å²) in [5, 5.41) is 22.5. The summed E-state index contributed by atoms with van der Waals surface area (Å²) in [6, 6.07) is 14.2. The smallest absolute Gasteiger partial charge is 0.186 e. The highest BCUT2D eigenvalue weighted by Gasteiger charge is 2.43. The van der Waals surface area contributed by atoms with Gasteiger partial charge in [-0.2, -0.15) is 0 Å². The molecule has 0 aromatic heterocycles. The Labute approximate surface area is 135 Å². The van der Waals surface area contributed by atoms with E-state index in [-0.39, 0.29) is 0 Å². The van der Waals surface area contributed by atoms with Gasteiger partial charge in [-0.15, -0.1) is 0 Å². The highest BCUT2D eigenvalue weighted by Crippen LogP contribution is 2.25. The first-order valence-corrected chi connectivity index (χ1v) is 7.74. The molecule has 0 spiro atoms. The van der Waals surface area contributed by atoms with Gasteiger partial charge in [0.15, 0.2) is 6.29 Å². The van der Waals surface area contributed by atoms with E-state index in [2.05, 4.69) is 6.07 Å². The first-order chi connectivity index (χ1) is 11.1. The number of methoxy groups -OCH3 is 1. The number of rotatable bonds is 4. The quantitative estimate of drug-likeness (QED) is 0.900. The molecule has 124 valence electrons. The predicted molar refractivity (Wildman–Crippen MR) is 85.9 cm³/mol. The predicted octanol–water partition coefficient (Wildman–Crippen LogP) is 1.84. The van der Waals surface area contributed by atoms with Gasteiger partial charge in [-0.05, 0) is 29.3 Å². The van der Waals surface area contributed by atoms with Crippen molar-refractivity contribution in [1.29, 1.82) is 0 Å². The van der Waals surface area contributed by atoms with Crippen molar-refractivity contribution in [2.75, 3.05) is 7.11 Å². The van der Waals surface area contributed by atoms with Gasteiger partial charge in [0.2, 0.25) is 0 Å². The maximum absolute atomic E-state index is 10.2. The lowest BCUT2D eigenvalue weighted by Crippen LogP contribution is -2.58. The Morgan fingerprint density at radius 2 is 1.78 bits per heavy atom. The van der Waals surface area contributed by atoms with Gasteiger partial charge in [-0.3, -0.25) is 0 Å². The van der Waals surface area contributed by atoms with Gasteiger partial charge in [0.1, 0.15) is 18.3 Å². The van der Waals surface area contributed by atoms with Crippen molar-refractivity contribution in [3.05, 3.63) is 48.0 Å². The lowest BCUT2D eigenvalue weighted by molar-refractivity contribution is -0.298. The Hall–Kier alpha value is -1.50. The van der Waals surface area contributed by atoms with E-state index >= 15 is 0 Å². The van der Waals surface area contributed by atoms with E-state index in [1.165, 1.54) is 7.11 Å². The third kappa shape index (κ3) is 3.39. The minimum atomic E-state index is -1.05. The standard InChI is InChI=1S/C18H22O5/c1-11-15(19)16(20)17(18(21-2)23-11)22-10-12-7-8-13-5-3-4-6-14(13)9-12/h3-9,11,15-20H,10H2,1-2H3/t11-,15+,16+,17-,18+/m0/s1. The second-order valence-corrected chi connectivity index (χ2v) is 5.88. The SMILES string of the molecule is CO[C@@H]1O[C@@H](C)[C@@H](O)[C@@H](O)[C@@H]1OCc1ccc2ccccc2c1. The first kappa shape index (κ1) is 16.4. The summed E-state index contributed by atoms with van der Waals surface area (Å²) in [6.07, 6.45) is -4.00. The van der Waals surface area contributed by atoms with Crippen molar-refractivity contribution in [3.63, 3.8) is 0 Å². The molecule has 0 amide bonds. The first-order valence-electron chi connectivity index (χ1n) is 7.74. The van der Waals surface area contributed by atoms with Crippen molar-refractivity contribution in [1.82, 2.24) is 0 Å². The molecule has 2 aromatic rings. The molecular formula is C18H22O5. The summed E-state index contributed by atoms with van der Waals surface area (Å²) >= 11 is 0. The summed E-state index contributed by atoms with van der Waals surface area (Å²) in [5.41, 5.74) is 0.985. The highest BCUT2D eigenvalue weighted by atomic mass is 16.7. The van der Waals surface area contributed by atoms with Crippen LogP contribution in [0.5, 0.6) is 0 Å². The fourth-order valence-corrected chi connectivity index (χ4v) is 2.89. The molecule has 0 saturated carbocycles. The summed E-state index contributed by atoms with van der Waals surface area (Å²) in [4.78, 5) is 0. The van der Waals surface area contributed by atoms with Crippen molar-refractivity contribution < 1.29 is 24.4 Å².